The molecule has 3 rings (SSSR count). The van der Waals surface area contributed by atoms with Crippen LogP contribution in [0.3, 0.4) is 0 Å². The van der Waals surface area contributed by atoms with Crippen molar-refractivity contribution < 1.29 is 18.0 Å². The highest BCUT2D eigenvalue weighted by Gasteiger charge is 2.34. The van der Waals surface area contributed by atoms with E-state index in [0.29, 0.717) is 28.6 Å². The SMILES string of the molecule is CCCNC(=O)[C@H](CC)N(Cc1ccccc1Cl)C(=O)CN(c1ccc(Cl)cc1Cl)S(=O)(=O)c1ccccc1. The number of carbonyl (C=O) groups is 2. The van der Waals surface area contributed by atoms with Crippen LogP contribution in [0.1, 0.15) is 32.3 Å². The second kappa shape index (κ2) is 14.0. The van der Waals surface area contributed by atoms with E-state index in [2.05, 4.69) is 5.32 Å². The lowest BCUT2D eigenvalue weighted by molar-refractivity contribution is -0.140. The average molecular weight is 611 g/mol. The molecule has 0 spiro atoms. The Bertz CT molecular complexity index is 1400. The lowest BCUT2D eigenvalue weighted by Crippen LogP contribution is -2.52. The number of amides is 2. The molecule has 208 valence electrons. The zero-order chi connectivity index (χ0) is 28.6. The number of benzene rings is 3. The lowest BCUT2D eigenvalue weighted by atomic mass is 10.1. The molecule has 0 bridgehead atoms. The largest absolute Gasteiger partial charge is 0.354 e. The first-order chi connectivity index (χ1) is 18.6. The van der Waals surface area contributed by atoms with Gasteiger partial charge in [-0.15, -0.1) is 0 Å². The molecule has 1 atom stereocenters. The maximum Gasteiger partial charge on any atom is 0.264 e. The first-order valence-corrected chi connectivity index (χ1v) is 15.0. The van der Waals surface area contributed by atoms with Gasteiger partial charge < -0.3 is 10.2 Å². The summed E-state index contributed by atoms with van der Waals surface area (Å²) in [4.78, 5) is 28.5. The molecule has 0 fully saturated rings. The molecule has 2 amide bonds. The summed E-state index contributed by atoms with van der Waals surface area (Å²) in [6.07, 6.45) is 1.03. The monoisotopic (exact) mass is 609 g/mol. The first-order valence-electron chi connectivity index (χ1n) is 12.4. The fourth-order valence-corrected chi connectivity index (χ4v) is 6.22. The first kappa shape index (κ1) is 30.8. The molecule has 0 heterocycles. The van der Waals surface area contributed by atoms with Crippen molar-refractivity contribution in [3.63, 3.8) is 0 Å². The van der Waals surface area contributed by atoms with Crippen LogP contribution in [0, 0.1) is 0 Å². The van der Waals surface area contributed by atoms with Gasteiger partial charge in [0.2, 0.25) is 11.8 Å². The molecule has 0 unspecified atom stereocenters. The van der Waals surface area contributed by atoms with Crippen LogP contribution in [-0.4, -0.2) is 44.3 Å². The summed E-state index contributed by atoms with van der Waals surface area (Å²) in [6.45, 7) is 3.55. The van der Waals surface area contributed by atoms with Gasteiger partial charge >= 0.3 is 0 Å². The predicted molar refractivity (Wildman–Crippen MR) is 157 cm³/mol. The van der Waals surface area contributed by atoms with Crippen molar-refractivity contribution in [1.29, 1.82) is 0 Å². The van der Waals surface area contributed by atoms with E-state index in [1.807, 2.05) is 6.92 Å². The van der Waals surface area contributed by atoms with Crippen LogP contribution in [0.5, 0.6) is 0 Å². The molecule has 0 aliphatic rings. The van der Waals surface area contributed by atoms with Gasteiger partial charge in [-0.3, -0.25) is 13.9 Å². The van der Waals surface area contributed by atoms with Gasteiger partial charge in [0.05, 0.1) is 15.6 Å². The van der Waals surface area contributed by atoms with Crippen molar-refractivity contribution >= 4 is 62.3 Å². The molecule has 3 aromatic carbocycles. The number of hydrogen-bond donors (Lipinski definition) is 1. The standard InChI is InChI=1S/C28H30Cl3N3O4S/c1-3-16-32-28(36)25(4-2)33(18-20-10-8-9-13-23(20)30)27(35)19-34(26-15-14-21(29)17-24(26)31)39(37,38)22-11-6-5-7-12-22/h5-15,17,25H,3-4,16,18-19H2,1-2H3,(H,32,36)/t25-/m0/s1. The molecule has 0 radical (unpaired) electrons. The minimum absolute atomic E-state index is 0.00410. The number of hydrogen-bond acceptors (Lipinski definition) is 4. The van der Waals surface area contributed by atoms with E-state index >= 15 is 0 Å². The van der Waals surface area contributed by atoms with Crippen molar-refractivity contribution in [2.45, 2.75) is 44.2 Å². The van der Waals surface area contributed by atoms with Crippen molar-refractivity contribution in [2.75, 3.05) is 17.4 Å². The average Bonchev–Trinajstić information content (AvgIpc) is 2.92. The maximum atomic E-state index is 14.0. The highest BCUT2D eigenvalue weighted by Crippen LogP contribution is 2.33. The fraction of sp³-hybridized carbons (Fsp3) is 0.286. The number of carbonyl (C=O) groups excluding carboxylic acids is 2. The van der Waals surface area contributed by atoms with Crippen LogP contribution in [0.4, 0.5) is 5.69 Å². The lowest BCUT2D eigenvalue weighted by Gasteiger charge is -2.33. The molecule has 1 N–H and O–H groups in total. The number of nitrogens with zero attached hydrogens (tertiary/aromatic N) is 2. The van der Waals surface area contributed by atoms with Crippen molar-refractivity contribution in [3.05, 3.63) is 93.4 Å². The predicted octanol–water partition coefficient (Wildman–Crippen LogP) is 6.18. The van der Waals surface area contributed by atoms with Gasteiger partial charge in [0, 0.05) is 23.1 Å². The molecular weight excluding hydrogens is 581 g/mol. The van der Waals surface area contributed by atoms with Crippen LogP contribution in [0.25, 0.3) is 0 Å². The van der Waals surface area contributed by atoms with E-state index in [9.17, 15) is 18.0 Å². The zero-order valence-corrected chi connectivity index (χ0v) is 24.7. The number of halogens is 3. The quantitative estimate of drug-likeness (QED) is 0.266. The van der Waals surface area contributed by atoms with Gasteiger partial charge in [0.15, 0.2) is 0 Å². The number of nitrogens with one attached hydrogen (secondary N) is 1. The molecule has 0 saturated heterocycles. The van der Waals surface area contributed by atoms with Crippen LogP contribution >= 0.6 is 34.8 Å². The van der Waals surface area contributed by atoms with E-state index in [1.54, 1.807) is 49.4 Å². The minimum Gasteiger partial charge on any atom is -0.354 e. The molecule has 3 aromatic rings. The molecule has 7 nitrogen and oxygen atoms in total. The number of anilines is 1. The van der Waals surface area contributed by atoms with E-state index in [1.165, 1.54) is 35.2 Å². The third kappa shape index (κ3) is 7.66. The summed E-state index contributed by atoms with van der Waals surface area (Å²) in [5.41, 5.74) is 0.704. The van der Waals surface area contributed by atoms with Crippen LogP contribution < -0.4 is 9.62 Å². The number of rotatable bonds is 12. The summed E-state index contributed by atoms with van der Waals surface area (Å²) < 4.78 is 28.6. The van der Waals surface area contributed by atoms with Gasteiger partial charge in [-0.2, -0.15) is 0 Å². The van der Waals surface area contributed by atoms with E-state index < -0.39 is 28.5 Å². The second-order valence-electron chi connectivity index (χ2n) is 8.75. The van der Waals surface area contributed by atoms with Crippen LogP contribution in [-0.2, 0) is 26.2 Å². The highest BCUT2D eigenvalue weighted by molar-refractivity contribution is 7.92. The summed E-state index contributed by atoms with van der Waals surface area (Å²) in [7, 11) is -4.23. The smallest absolute Gasteiger partial charge is 0.264 e. The topological polar surface area (TPSA) is 86.8 Å². The Morgan fingerprint density at radius 2 is 1.56 bits per heavy atom. The molecular formula is C28H30Cl3N3O4S. The van der Waals surface area contributed by atoms with Crippen molar-refractivity contribution in [2.24, 2.45) is 0 Å². The Labute approximate surface area is 244 Å². The van der Waals surface area contributed by atoms with Gasteiger partial charge in [0.25, 0.3) is 10.0 Å². The molecule has 39 heavy (non-hydrogen) atoms. The fourth-order valence-electron chi connectivity index (χ4n) is 4.01. The highest BCUT2D eigenvalue weighted by atomic mass is 35.5. The Hall–Kier alpha value is -2.78. The van der Waals surface area contributed by atoms with Gasteiger partial charge in [-0.25, -0.2) is 8.42 Å². The maximum absolute atomic E-state index is 14.0. The molecule has 0 aromatic heterocycles. The molecule has 0 saturated carbocycles. The third-order valence-corrected chi connectivity index (χ3v) is 8.70. The summed E-state index contributed by atoms with van der Waals surface area (Å²) >= 11 is 18.9. The molecule has 0 aliphatic heterocycles. The molecule has 11 heteroatoms. The summed E-state index contributed by atoms with van der Waals surface area (Å²) in [6, 6.07) is 18.2. The third-order valence-electron chi connectivity index (χ3n) is 6.02. The van der Waals surface area contributed by atoms with E-state index in [4.69, 9.17) is 34.8 Å². The zero-order valence-electron chi connectivity index (χ0n) is 21.6. The molecule has 0 aliphatic carbocycles. The van der Waals surface area contributed by atoms with Gasteiger partial charge in [-0.05, 0) is 54.8 Å². The summed E-state index contributed by atoms with van der Waals surface area (Å²) in [5, 5.41) is 3.63. The normalized spacial score (nSPS) is 12.0. The van der Waals surface area contributed by atoms with E-state index in [-0.39, 0.29) is 28.1 Å². The van der Waals surface area contributed by atoms with E-state index in [0.717, 1.165) is 10.7 Å². The van der Waals surface area contributed by atoms with Gasteiger partial charge in [-0.1, -0.05) is 85.0 Å². The Balaban J connectivity index is 2.08. The second-order valence-corrected chi connectivity index (χ2v) is 11.9. The van der Waals surface area contributed by atoms with Crippen molar-refractivity contribution in [3.8, 4) is 0 Å². The Kier molecular flexibility index (Phi) is 11.1. The van der Waals surface area contributed by atoms with Crippen LogP contribution in [0.2, 0.25) is 15.1 Å². The summed E-state index contributed by atoms with van der Waals surface area (Å²) in [5.74, 6) is -0.930. The Morgan fingerprint density at radius 3 is 2.18 bits per heavy atom. The van der Waals surface area contributed by atoms with Crippen LogP contribution in [0.15, 0.2) is 77.7 Å². The number of sulfonamides is 1. The van der Waals surface area contributed by atoms with Crippen molar-refractivity contribution in [1.82, 2.24) is 10.2 Å². The Morgan fingerprint density at radius 1 is 0.897 bits per heavy atom. The van der Waals surface area contributed by atoms with Gasteiger partial charge in [0.1, 0.15) is 12.6 Å². The minimum atomic E-state index is -4.23.